The van der Waals surface area contributed by atoms with Gasteiger partial charge >= 0.3 is 11.9 Å². The molecule has 0 atom stereocenters. The predicted octanol–water partition coefficient (Wildman–Crippen LogP) is 2.48. The fourth-order valence-corrected chi connectivity index (χ4v) is 1.63. The van der Waals surface area contributed by atoms with E-state index >= 15 is 0 Å². The van der Waals surface area contributed by atoms with E-state index in [4.69, 9.17) is 5.26 Å². The molecular weight excluding hydrogens is 224 g/mol. The maximum absolute atomic E-state index is 11.6. The van der Waals surface area contributed by atoms with Crippen molar-refractivity contribution < 1.29 is 24.8 Å². The molecule has 0 saturated heterocycles. The first kappa shape index (κ1) is 15.6. The lowest BCUT2D eigenvalue weighted by molar-refractivity contribution is -0.230. The van der Waals surface area contributed by atoms with Gasteiger partial charge in [0.15, 0.2) is 0 Å². The van der Waals surface area contributed by atoms with Crippen LogP contribution in [0.4, 0.5) is 0 Å². The fraction of sp³-hybridized carbons (Fsp3) is 0.667. The molecule has 5 heteroatoms. The minimum absolute atomic E-state index is 0.0278. The average molecular weight is 244 g/mol. The zero-order valence-electron chi connectivity index (χ0n) is 11.1. The lowest BCUT2D eigenvalue weighted by atomic mass is 9.75. The number of carbonyl (C=O) groups excluding carboxylic acids is 1. The zero-order chi connectivity index (χ0) is 14.0. The molecule has 5 nitrogen and oxygen atoms in total. The van der Waals surface area contributed by atoms with Crippen LogP contribution in [0.2, 0.25) is 0 Å². The third kappa shape index (κ3) is 3.85. The van der Waals surface area contributed by atoms with Gasteiger partial charge in [-0.3, -0.25) is 4.89 Å². The van der Waals surface area contributed by atoms with Crippen molar-refractivity contribution in [3.05, 3.63) is 11.1 Å². The third-order valence-corrected chi connectivity index (χ3v) is 2.25. The highest BCUT2D eigenvalue weighted by atomic mass is 17.1. The smallest absolute Gasteiger partial charge is 0.369 e. The molecule has 0 aliphatic carbocycles. The molecule has 17 heavy (non-hydrogen) atoms. The molecule has 0 aromatic rings. The monoisotopic (exact) mass is 244 g/mol. The second-order valence-electron chi connectivity index (χ2n) is 5.93. The largest absolute Gasteiger partial charge is 0.478 e. The second kappa shape index (κ2) is 4.87. The molecule has 0 bridgehead atoms. The first-order valence-corrected chi connectivity index (χ1v) is 5.27. The van der Waals surface area contributed by atoms with E-state index in [1.807, 2.05) is 0 Å². The minimum Gasteiger partial charge on any atom is -0.478 e. The Hall–Kier alpha value is -1.36. The average Bonchev–Trinajstić information content (AvgIpc) is 2.08. The Morgan fingerprint density at radius 2 is 1.24 bits per heavy atom. The van der Waals surface area contributed by atoms with Gasteiger partial charge < -0.3 is 5.11 Å². The van der Waals surface area contributed by atoms with E-state index in [1.165, 1.54) is 0 Å². The molecule has 0 spiro atoms. The second-order valence-corrected chi connectivity index (χ2v) is 5.93. The Morgan fingerprint density at radius 1 is 0.882 bits per heavy atom. The SMILES string of the molecule is CC(C)(C)/C(C(=O)O)=C(/C(=O)OO)C(C)(C)C. The van der Waals surface area contributed by atoms with E-state index in [0.29, 0.717) is 0 Å². The predicted molar refractivity (Wildman–Crippen MR) is 62.3 cm³/mol. The summed E-state index contributed by atoms with van der Waals surface area (Å²) in [4.78, 5) is 26.6. The fourth-order valence-electron chi connectivity index (χ4n) is 1.63. The number of carbonyl (C=O) groups is 2. The molecule has 0 unspecified atom stereocenters. The van der Waals surface area contributed by atoms with Crippen LogP contribution in [0, 0.1) is 10.8 Å². The van der Waals surface area contributed by atoms with Crippen LogP contribution in [-0.4, -0.2) is 22.3 Å². The molecule has 98 valence electrons. The van der Waals surface area contributed by atoms with Gasteiger partial charge in [-0.05, 0) is 10.8 Å². The Morgan fingerprint density at radius 3 is 1.41 bits per heavy atom. The van der Waals surface area contributed by atoms with Crippen LogP contribution < -0.4 is 0 Å². The van der Waals surface area contributed by atoms with Crippen molar-refractivity contribution in [3.63, 3.8) is 0 Å². The molecular formula is C12H20O5. The van der Waals surface area contributed by atoms with E-state index in [-0.39, 0.29) is 11.1 Å². The minimum atomic E-state index is -1.19. The summed E-state index contributed by atoms with van der Waals surface area (Å²) in [5.41, 5.74) is -1.55. The third-order valence-electron chi connectivity index (χ3n) is 2.25. The highest BCUT2D eigenvalue weighted by Crippen LogP contribution is 2.37. The number of carboxylic acids is 1. The van der Waals surface area contributed by atoms with Crippen molar-refractivity contribution in [2.24, 2.45) is 10.8 Å². The standard InChI is InChI=1S/C12H20O5/c1-11(2,3)7(9(13)14)8(10(15)17-16)12(4,5)6/h16H,1-6H3,(H,13,14)/b8-7-. The van der Waals surface area contributed by atoms with Crippen LogP contribution in [0.25, 0.3) is 0 Å². The summed E-state index contributed by atoms with van der Waals surface area (Å²) in [5, 5.41) is 17.7. The molecule has 0 radical (unpaired) electrons. The number of carboxylic acid groups (broad SMARTS) is 1. The number of aliphatic carboxylic acids is 1. The van der Waals surface area contributed by atoms with Gasteiger partial charge in [0.25, 0.3) is 0 Å². The maximum Gasteiger partial charge on any atom is 0.369 e. The Balaban J connectivity index is 6.14. The van der Waals surface area contributed by atoms with Gasteiger partial charge in [0.2, 0.25) is 0 Å². The van der Waals surface area contributed by atoms with E-state index < -0.39 is 22.8 Å². The normalized spacial score (nSPS) is 14.1. The molecule has 0 aliphatic rings. The van der Waals surface area contributed by atoms with E-state index in [2.05, 4.69) is 4.89 Å². The van der Waals surface area contributed by atoms with Crippen LogP contribution in [0.5, 0.6) is 0 Å². The first-order chi connectivity index (χ1) is 7.42. The van der Waals surface area contributed by atoms with Crippen LogP contribution in [0.3, 0.4) is 0 Å². The summed E-state index contributed by atoms with van der Waals surface area (Å²) in [6.45, 7) is 10.1. The highest BCUT2D eigenvalue weighted by molar-refractivity contribution is 6.01. The number of hydrogen-bond donors (Lipinski definition) is 2. The first-order valence-electron chi connectivity index (χ1n) is 5.27. The summed E-state index contributed by atoms with van der Waals surface area (Å²) in [6.07, 6.45) is 0. The van der Waals surface area contributed by atoms with E-state index in [9.17, 15) is 14.7 Å². The molecule has 0 fully saturated rings. The molecule has 2 N–H and O–H groups in total. The van der Waals surface area contributed by atoms with Crippen molar-refractivity contribution in [2.75, 3.05) is 0 Å². The molecule has 0 heterocycles. The van der Waals surface area contributed by atoms with Crippen LogP contribution in [0.1, 0.15) is 41.5 Å². The molecule has 0 aliphatic heterocycles. The van der Waals surface area contributed by atoms with Crippen molar-refractivity contribution >= 4 is 11.9 Å². The van der Waals surface area contributed by atoms with Gasteiger partial charge in [0.1, 0.15) is 0 Å². The topological polar surface area (TPSA) is 83.8 Å². The van der Waals surface area contributed by atoms with Gasteiger partial charge in [-0.25, -0.2) is 9.59 Å². The lowest BCUT2D eigenvalue weighted by Gasteiger charge is -2.28. The summed E-state index contributed by atoms with van der Waals surface area (Å²) in [7, 11) is 0. The van der Waals surface area contributed by atoms with E-state index in [1.54, 1.807) is 41.5 Å². The van der Waals surface area contributed by atoms with Crippen molar-refractivity contribution in [1.29, 1.82) is 0 Å². The molecule has 0 aromatic carbocycles. The van der Waals surface area contributed by atoms with Gasteiger partial charge in [-0.2, -0.15) is 5.26 Å². The van der Waals surface area contributed by atoms with Crippen molar-refractivity contribution in [1.82, 2.24) is 0 Å². The maximum atomic E-state index is 11.6. The Bertz CT molecular complexity index is 352. The number of rotatable bonds is 2. The van der Waals surface area contributed by atoms with E-state index in [0.717, 1.165) is 0 Å². The zero-order valence-corrected chi connectivity index (χ0v) is 11.1. The Kier molecular flexibility index (Phi) is 4.48. The summed E-state index contributed by atoms with van der Waals surface area (Å²) in [5.74, 6) is -2.21. The summed E-state index contributed by atoms with van der Waals surface area (Å²) >= 11 is 0. The lowest BCUT2D eigenvalue weighted by Crippen LogP contribution is -2.29. The van der Waals surface area contributed by atoms with Crippen molar-refractivity contribution in [2.45, 2.75) is 41.5 Å². The summed E-state index contributed by atoms with van der Waals surface area (Å²) in [6, 6.07) is 0. The summed E-state index contributed by atoms with van der Waals surface area (Å²) < 4.78 is 0. The highest BCUT2D eigenvalue weighted by Gasteiger charge is 2.37. The van der Waals surface area contributed by atoms with Crippen LogP contribution >= 0.6 is 0 Å². The van der Waals surface area contributed by atoms with Gasteiger partial charge in [0.05, 0.1) is 11.1 Å². The molecule has 0 saturated carbocycles. The molecule has 0 amide bonds. The van der Waals surface area contributed by atoms with Gasteiger partial charge in [0, 0.05) is 0 Å². The molecule has 0 rings (SSSR count). The van der Waals surface area contributed by atoms with Crippen molar-refractivity contribution in [3.8, 4) is 0 Å². The quantitative estimate of drug-likeness (QED) is 0.443. The number of hydrogen-bond acceptors (Lipinski definition) is 4. The van der Waals surface area contributed by atoms with Gasteiger partial charge in [-0.1, -0.05) is 41.5 Å². The van der Waals surface area contributed by atoms with Crippen LogP contribution in [0.15, 0.2) is 11.1 Å². The van der Waals surface area contributed by atoms with Crippen LogP contribution in [-0.2, 0) is 14.5 Å². The van der Waals surface area contributed by atoms with Gasteiger partial charge in [-0.15, -0.1) is 0 Å². The Labute approximate surface area is 101 Å². The molecule has 0 aromatic heterocycles.